The Balaban J connectivity index is 2.47. The van der Waals surface area contributed by atoms with Gasteiger partial charge in [0, 0.05) is 0 Å². The summed E-state index contributed by atoms with van der Waals surface area (Å²) in [5.41, 5.74) is 2.09. The molecule has 0 N–H and O–H groups in total. The molecule has 0 saturated carbocycles. The summed E-state index contributed by atoms with van der Waals surface area (Å²) in [5, 5.41) is 0. The van der Waals surface area contributed by atoms with E-state index < -0.39 is 6.17 Å². The molecule has 0 unspecified atom stereocenters. The summed E-state index contributed by atoms with van der Waals surface area (Å²) in [6.07, 6.45) is 0.170. The molecular formula is C10H11F. The Morgan fingerprint density at radius 3 is 2.82 bits per heavy atom. The average Bonchev–Trinajstić information content (AvgIpc) is 2.30. The normalized spacial score (nSPS) is 28.5. The third kappa shape index (κ3) is 0.953. The minimum atomic E-state index is -0.730. The fraction of sp³-hybridized carbons (Fsp3) is 0.400. The van der Waals surface area contributed by atoms with Crippen molar-refractivity contribution in [2.24, 2.45) is 5.92 Å². The average molecular weight is 150 g/mol. The molecule has 1 heteroatoms. The second-order valence-corrected chi connectivity index (χ2v) is 3.28. The number of hydrogen-bond acceptors (Lipinski definition) is 0. The van der Waals surface area contributed by atoms with Crippen LogP contribution in [0.3, 0.4) is 0 Å². The molecule has 2 atom stereocenters. The zero-order valence-electron chi connectivity index (χ0n) is 6.55. The lowest BCUT2D eigenvalue weighted by Gasteiger charge is -2.03. The maximum atomic E-state index is 13.3. The van der Waals surface area contributed by atoms with Crippen LogP contribution in [0.25, 0.3) is 0 Å². The van der Waals surface area contributed by atoms with E-state index in [1.165, 1.54) is 5.56 Å². The second kappa shape index (κ2) is 2.33. The van der Waals surface area contributed by atoms with E-state index in [0.29, 0.717) is 0 Å². The zero-order chi connectivity index (χ0) is 7.84. The van der Waals surface area contributed by atoms with Gasteiger partial charge in [-0.15, -0.1) is 0 Å². The Morgan fingerprint density at radius 2 is 2.09 bits per heavy atom. The molecule has 1 aromatic carbocycles. The number of alkyl halides is 1. The molecule has 0 saturated heterocycles. The summed E-state index contributed by atoms with van der Waals surface area (Å²) in [6, 6.07) is 7.79. The minimum Gasteiger partial charge on any atom is -0.242 e. The smallest absolute Gasteiger partial charge is 0.128 e. The van der Waals surface area contributed by atoms with Gasteiger partial charge in [-0.25, -0.2) is 4.39 Å². The molecule has 0 aromatic heterocycles. The van der Waals surface area contributed by atoms with Crippen molar-refractivity contribution in [1.29, 1.82) is 0 Å². The van der Waals surface area contributed by atoms with E-state index in [9.17, 15) is 4.39 Å². The molecule has 2 rings (SSSR count). The number of hydrogen-bond donors (Lipinski definition) is 0. The van der Waals surface area contributed by atoms with Gasteiger partial charge in [-0.1, -0.05) is 31.2 Å². The van der Waals surface area contributed by atoms with E-state index in [-0.39, 0.29) is 5.92 Å². The van der Waals surface area contributed by atoms with Crippen molar-refractivity contribution < 1.29 is 4.39 Å². The van der Waals surface area contributed by atoms with Gasteiger partial charge in [-0.2, -0.15) is 0 Å². The zero-order valence-corrected chi connectivity index (χ0v) is 6.55. The van der Waals surface area contributed by atoms with Gasteiger partial charge in [0.25, 0.3) is 0 Å². The van der Waals surface area contributed by atoms with E-state index in [2.05, 4.69) is 0 Å². The largest absolute Gasteiger partial charge is 0.242 e. The van der Waals surface area contributed by atoms with Crippen molar-refractivity contribution >= 4 is 0 Å². The first-order chi connectivity index (χ1) is 5.29. The fourth-order valence-electron chi connectivity index (χ4n) is 1.75. The molecule has 1 aliphatic carbocycles. The second-order valence-electron chi connectivity index (χ2n) is 3.28. The molecule has 0 nitrogen and oxygen atoms in total. The van der Waals surface area contributed by atoms with Crippen LogP contribution >= 0.6 is 0 Å². The van der Waals surface area contributed by atoms with Gasteiger partial charge in [0.1, 0.15) is 6.17 Å². The summed E-state index contributed by atoms with van der Waals surface area (Å²) in [6.45, 7) is 1.96. The van der Waals surface area contributed by atoms with E-state index >= 15 is 0 Å². The first-order valence-corrected chi connectivity index (χ1v) is 4.01. The lowest BCUT2D eigenvalue weighted by molar-refractivity contribution is 0.268. The number of rotatable bonds is 0. The maximum absolute atomic E-state index is 13.3. The van der Waals surface area contributed by atoms with E-state index in [0.717, 1.165) is 12.0 Å². The van der Waals surface area contributed by atoms with Gasteiger partial charge in [0.15, 0.2) is 0 Å². The fourth-order valence-corrected chi connectivity index (χ4v) is 1.75. The highest BCUT2D eigenvalue weighted by atomic mass is 19.1. The Morgan fingerprint density at radius 1 is 1.36 bits per heavy atom. The monoisotopic (exact) mass is 150 g/mol. The number of fused-ring (bicyclic) bond motifs is 1. The molecule has 11 heavy (non-hydrogen) atoms. The highest BCUT2D eigenvalue weighted by molar-refractivity contribution is 5.34. The Labute approximate surface area is 66.1 Å². The topological polar surface area (TPSA) is 0 Å². The van der Waals surface area contributed by atoms with Crippen molar-refractivity contribution in [2.75, 3.05) is 0 Å². The van der Waals surface area contributed by atoms with E-state index in [4.69, 9.17) is 0 Å². The van der Waals surface area contributed by atoms with Crippen molar-refractivity contribution in [3.8, 4) is 0 Å². The van der Waals surface area contributed by atoms with Gasteiger partial charge >= 0.3 is 0 Å². The molecule has 0 heterocycles. The van der Waals surface area contributed by atoms with Gasteiger partial charge in [0.05, 0.1) is 0 Å². The van der Waals surface area contributed by atoms with Crippen LogP contribution in [-0.4, -0.2) is 0 Å². The molecule has 0 amide bonds. The van der Waals surface area contributed by atoms with E-state index in [1.807, 2.05) is 31.2 Å². The third-order valence-corrected chi connectivity index (χ3v) is 2.39. The molecule has 0 fully saturated rings. The molecule has 0 aliphatic heterocycles. The van der Waals surface area contributed by atoms with Gasteiger partial charge in [-0.05, 0) is 23.5 Å². The van der Waals surface area contributed by atoms with Crippen LogP contribution < -0.4 is 0 Å². The third-order valence-electron chi connectivity index (χ3n) is 2.39. The molecule has 0 bridgehead atoms. The lowest BCUT2D eigenvalue weighted by Crippen LogP contribution is -1.95. The molecule has 0 spiro atoms. The summed E-state index contributed by atoms with van der Waals surface area (Å²) in [5.74, 6) is 0.174. The quantitative estimate of drug-likeness (QED) is 0.533. The Bertz CT molecular complexity index is 267. The van der Waals surface area contributed by atoms with Gasteiger partial charge < -0.3 is 0 Å². The predicted molar refractivity (Wildman–Crippen MR) is 43.2 cm³/mol. The molecular weight excluding hydrogens is 139 g/mol. The van der Waals surface area contributed by atoms with Crippen LogP contribution in [0.4, 0.5) is 4.39 Å². The van der Waals surface area contributed by atoms with Gasteiger partial charge in [-0.3, -0.25) is 0 Å². The van der Waals surface area contributed by atoms with Crippen LogP contribution in [0.1, 0.15) is 24.2 Å². The Hall–Kier alpha value is -0.850. The van der Waals surface area contributed by atoms with Gasteiger partial charge in [0.2, 0.25) is 0 Å². The van der Waals surface area contributed by atoms with Crippen molar-refractivity contribution in [3.63, 3.8) is 0 Å². The van der Waals surface area contributed by atoms with Crippen LogP contribution in [-0.2, 0) is 6.42 Å². The minimum absolute atomic E-state index is 0.174. The molecule has 58 valence electrons. The van der Waals surface area contributed by atoms with Crippen LogP contribution in [0.5, 0.6) is 0 Å². The van der Waals surface area contributed by atoms with Crippen molar-refractivity contribution in [1.82, 2.24) is 0 Å². The summed E-state index contributed by atoms with van der Waals surface area (Å²) in [4.78, 5) is 0. The summed E-state index contributed by atoms with van der Waals surface area (Å²) in [7, 11) is 0. The number of benzene rings is 1. The molecule has 0 radical (unpaired) electrons. The predicted octanol–water partition coefficient (Wildman–Crippen LogP) is 2.89. The first kappa shape index (κ1) is 6.84. The standard InChI is InChI=1S/C10H11F/c1-7-6-8-4-2-3-5-9(8)10(7)11/h2-5,7,10H,6H2,1H3/t7-,10-/m1/s1. The van der Waals surface area contributed by atoms with E-state index in [1.54, 1.807) is 0 Å². The van der Waals surface area contributed by atoms with Crippen LogP contribution in [0.2, 0.25) is 0 Å². The summed E-state index contributed by atoms with van der Waals surface area (Å²) >= 11 is 0. The van der Waals surface area contributed by atoms with Crippen molar-refractivity contribution in [3.05, 3.63) is 35.4 Å². The molecule has 1 aliphatic rings. The SMILES string of the molecule is C[C@@H]1Cc2ccccc2[C@@H]1F. The highest BCUT2D eigenvalue weighted by Gasteiger charge is 2.28. The van der Waals surface area contributed by atoms with Crippen LogP contribution in [0.15, 0.2) is 24.3 Å². The highest BCUT2D eigenvalue weighted by Crippen LogP contribution is 2.38. The molecule has 1 aromatic rings. The summed E-state index contributed by atoms with van der Waals surface area (Å²) < 4.78 is 13.3. The van der Waals surface area contributed by atoms with Crippen molar-refractivity contribution in [2.45, 2.75) is 19.5 Å². The number of halogens is 1. The van der Waals surface area contributed by atoms with Crippen LogP contribution in [0, 0.1) is 5.92 Å². The lowest BCUT2D eigenvalue weighted by atomic mass is 10.1. The maximum Gasteiger partial charge on any atom is 0.128 e. The first-order valence-electron chi connectivity index (χ1n) is 4.01. The Kier molecular flexibility index (Phi) is 1.45.